The highest BCUT2D eigenvalue weighted by Crippen LogP contribution is 2.62. The van der Waals surface area contributed by atoms with Crippen LogP contribution in [0, 0.1) is 75.9 Å². The largest absolute Gasteiger partial charge is 0.469 e. The fourth-order valence-corrected chi connectivity index (χ4v) is 13.9. The van der Waals surface area contributed by atoms with Crippen molar-refractivity contribution >= 4 is 23.9 Å². The molecule has 7 atom stereocenters. The summed E-state index contributed by atoms with van der Waals surface area (Å²) < 4.78 is 22.0. The number of cyclic esters (lactones) is 1. The molecule has 0 aromatic rings. The first-order valence-corrected chi connectivity index (χ1v) is 23.9. The van der Waals surface area contributed by atoms with Crippen LogP contribution >= 0.6 is 0 Å². The van der Waals surface area contributed by atoms with Gasteiger partial charge in [-0.2, -0.15) is 0 Å². The molecule has 11 fully saturated rings. The molecule has 11 rings (SSSR count). The number of aliphatic hydroxyl groups is 1. The lowest BCUT2D eigenvalue weighted by Crippen LogP contribution is -2.61. The predicted molar refractivity (Wildman–Crippen MR) is 241 cm³/mol. The fourth-order valence-electron chi connectivity index (χ4n) is 13.9. The number of ether oxygens (including phenoxy) is 4. The summed E-state index contributed by atoms with van der Waals surface area (Å²) in [5.74, 6) is 6.39. The van der Waals surface area contributed by atoms with Crippen molar-refractivity contribution < 1.29 is 43.2 Å². The van der Waals surface area contributed by atoms with E-state index in [1.54, 1.807) is 0 Å². The van der Waals surface area contributed by atoms with Gasteiger partial charge < -0.3 is 24.1 Å². The van der Waals surface area contributed by atoms with Gasteiger partial charge in [-0.05, 0) is 199 Å². The summed E-state index contributed by atoms with van der Waals surface area (Å²) >= 11 is 0. The van der Waals surface area contributed by atoms with Gasteiger partial charge in [0.1, 0.15) is 16.8 Å². The zero-order chi connectivity index (χ0) is 43.5. The summed E-state index contributed by atoms with van der Waals surface area (Å²) in [6.07, 6.45) is 18.6. The minimum Gasteiger partial charge on any atom is -0.469 e. The molecule has 0 spiro atoms. The number of fused-ring (bicyclic) bond motifs is 5. The first-order chi connectivity index (χ1) is 27.4. The standard InChI is InChI=1S/C17H28O2.C16H26O3.C11H16O2.C6H12O2.2CH4/c1-5-16(2,3)15(18)19-17(4)13-7-11-6-12(9-13)10-14(17)8-11;1-4-14(2,3)13(17)19-16-8-11-5-12(9-16)7-15(18,6-11)10-16;1-11(2)9-7-4-3-6(5-7)8(9)10(12)13-11;1-4-5(2)6(7)8-3;;/h11-14H,5-10H2,1-4H3;11-12,18H,4-10H2,1-3H3;6-9H,3-5H2,1-2H3;5H,4H2,1-3H3;2*1H4. The molecule has 10 aliphatic carbocycles. The minimum absolute atomic E-state index is 0. The molecule has 0 aromatic carbocycles. The van der Waals surface area contributed by atoms with E-state index in [1.807, 2.05) is 48.5 Å². The molecule has 11 aliphatic rings. The number of hydrogen-bond donors (Lipinski definition) is 1. The number of hydrogen-bond acceptors (Lipinski definition) is 9. The Morgan fingerprint density at radius 1 is 0.738 bits per heavy atom. The summed E-state index contributed by atoms with van der Waals surface area (Å²) in [6.45, 7) is 22.2. The lowest BCUT2D eigenvalue weighted by Gasteiger charge is -2.59. The molecule has 0 amide bonds. The SMILES string of the molecule is C.C.CC1(C)OC(=O)C2C3CCC(C3)C21.CCC(C)(C)C(=O)OC1(C)C2CC3CC(C2)CC1C3.CCC(C)(C)C(=O)OC12CC3CC(CC(O)(C3)C1)C2.CCC(C)C(=O)OC. The van der Waals surface area contributed by atoms with Crippen molar-refractivity contribution in [2.45, 2.75) is 223 Å². The molecule has 10 saturated carbocycles. The van der Waals surface area contributed by atoms with Crippen molar-refractivity contribution in [1.82, 2.24) is 0 Å². The van der Waals surface area contributed by atoms with E-state index < -0.39 is 11.0 Å². The van der Waals surface area contributed by atoms with Crippen LogP contribution in [-0.4, -0.2) is 58.5 Å². The molecule has 1 N–H and O–H groups in total. The Hall–Kier alpha value is -2.16. The highest BCUT2D eigenvalue weighted by Gasteiger charge is 2.63. The third-order valence-electron chi connectivity index (χ3n) is 17.8. The third-order valence-corrected chi connectivity index (χ3v) is 17.8. The molecular formula is C52H90O9. The van der Waals surface area contributed by atoms with Crippen molar-refractivity contribution in [3.05, 3.63) is 0 Å². The van der Waals surface area contributed by atoms with Crippen LogP contribution in [0.1, 0.15) is 200 Å². The highest BCUT2D eigenvalue weighted by molar-refractivity contribution is 5.78. The molecule has 1 aliphatic heterocycles. The van der Waals surface area contributed by atoms with Crippen LogP contribution in [0.3, 0.4) is 0 Å². The number of methoxy groups -OCH3 is 1. The van der Waals surface area contributed by atoms with Gasteiger partial charge in [0.2, 0.25) is 0 Å². The van der Waals surface area contributed by atoms with E-state index in [1.165, 1.54) is 64.9 Å². The third kappa shape index (κ3) is 10.4. The van der Waals surface area contributed by atoms with E-state index in [0.29, 0.717) is 41.9 Å². The summed E-state index contributed by atoms with van der Waals surface area (Å²) in [5.41, 5.74) is -2.01. The van der Waals surface area contributed by atoms with E-state index in [4.69, 9.17) is 14.2 Å². The number of esters is 4. The van der Waals surface area contributed by atoms with Crippen LogP contribution in [0.5, 0.6) is 0 Å². The average Bonchev–Trinajstić information content (AvgIpc) is 3.85. The average molecular weight is 859 g/mol. The molecule has 0 aromatic heterocycles. The van der Waals surface area contributed by atoms with E-state index in [9.17, 15) is 24.3 Å². The van der Waals surface area contributed by atoms with Gasteiger partial charge >= 0.3 is 23.9 Å². The maximum atomic E-state index is 12.5. The molecule has 1 heterocycles. The molecule has 9 heteroatoms. The van der Waals surface area contributed by atoms with Crippen LogP contribution in [0.4, 0.5) is 0 Å². The van der Waals surface area contributed by atoms with Gasteiger partial charge in [0, 0.05) is 12.3 Å². The molecular weight excluding hydrogens is 769 g/mol. The quantitative estimate of drug-likeness (QED) is 0.187. The molecule has 7 unspecified atom stereocenters. The highest BCUT2D eigenvalue weighted by atomic mass is 16.6. The van der Waals surface area contributed by atoms with Gasteiger partial charge in [0.25, 0.3) is 0 Å². The second kappa shape index (κ2) is 18.7. The Labute approximate surface area is 371 Å². The van der Waals surface area contributed by atoms with Crippen molar-refractivity contribution in [3.63, 3.8) is 0 Å². The second-order valence-electron chi connectivity index (χ2n) is 23.4. The number of carbonyl (C=O) groups excluding carboxylic acids is 4. The zero-order valence-corrected chi connectivity index (χ0v) is 39.1. The van der Waals surface area contributed by atoms with Crippen molar-refractivity contribution in [1.29, 1.82) is 0 Å². The normalized spacial score (nSPS) is 40.2. The maximum Gasteiger partial charge on any atom is 0.312 e. The smallest absolute Gasteiger partial charge is 0.312 e. The van der Waals surface area contributed by atoms with Crippen LogP contribution in [0.2, 0.25) is 0 Å². The first kappa shape index (κ1) is 51.5. The fraction of sp³-hybridized carbons (Fsp3) is 0.923. The van der Waals surface area contributed by atoms with Crippen LogP contribution in [0.25, 0.3) is 0 Å². The van der Waals surface area contributed by atoms with E-state index >= 15 is 0 Å². The molecule has 352 valence electrons. The van der Waals surface area contributed by atoms with Gasteiger partial charge in [-0.3, -0.25) is 19.2 Å². The maximum absolute atomic E-state index is 12.5. The summed E-state index contributed by atoms with van der Waals surface area (Å²) in [6, 6.07) is 0. The molecule has 0 radical (unpaired) electrons. The van der Waals surface area contributed by atoms with Crippen LogP contribution in [-0.2, 0) is 38.1 Å². The summed E-state index contributed by atoms with van der Waals surface area (Å²) in [4.78, 5) is 47.0. The van der Waals surface area contributed by atoms with Crippen LogP contribution in [0.15, 0.2) is 0 Å². The molecule has 61 heavy (non-hydrogen) atoms. The minimum atomic E-state index is -0.555. The van der Waals surface area contributed by atoms with Gasteiger partial charge in [0.15, 0.2) is 0 Å². The lowest BCUT2D eigenvalue weighted by molar-refractivity contribution is -0.225. The van der Waals surface area contributed by atoms with E-state index in [2.05, 4.69) is 32.4 Å². The molecule has 10 bridgehead atoms. The second-order valence-corrected chi connectivity index (χ2v) is 23.4. The zero-order valence-electron chi connectivity index (χ0n) is 39.1. The Balaban J connectivity index is 0.000000185. The Kier molecular flexibility index (Phi) is 15.8. The van der Waals surface area contributed by atoms with Gasteiger partial charge in [0.05, 0.1) is 35.4 Å². The van der Waals surface area contributed by atoms with E-state index in [-0.39, 0.29) is 72.8 Å². The number of carbonyl (C=O) groups is 4. The van der Waals surface area contributed by atoms with Crippen molar-refractivity contribution in [2.24, 2.45) is 75.9 Å². The predicted octanol–water partition coefficient (Wildman–Crippen LogP) is 11.7. The van der Waals surface area contributed by atoms with Gasteiger partial charge in [-0.1, -0.05) is 42.5 Å². The topological polar surface area (TPSA) is 125 Å². The summed E-state index contributed by atoms with van der Waals surface area (Å²) in [7, 11) is 1.41. The first-order valence-electron chi connectivity index (χ1n) is 23.9. The summed E-state index contributed by atoms with van der Waals surface area (Å²) in [5, 5.41) is 10.6. The Morgan fingerprint density at radius 3 is 1.64 bits per heavy atom. The molecule has 9 nitrogen and oxygen atoms in total. The van der Waals surface area contributed by atoms with E-state index in [0.717, 1.165) is 62.7 Å². The number of rotatable bonds is 8. The van der Waals surface area contributed by atoms with Gasteiger partial charge in [-0.15, -0.1) is 0 Å². The Morgan fingerprint density at radius 2 is 1.21 bits per heavy atom. The lowest BCUT2D eigenvalue weighted by atomic mass is 9.50. The van der Waals surface area contributed by atoms with Crippen molar-refractivity contribution in [2.75, 3.05) is 7.11 Å². The molecule has 1 saturated heterocycles. The van der Waals surface area contributed by atoms with Crippen LogP contribution < -0.4 is 0 Å². The Bertz CT molecular complexity index is 1520. The monoisotopic (exact) mass is 859 g/mol. The van der Waals surface area contributed by atoms with Gasteiger partial charge in [-0.25, -0.2) is 0 Å². The van der Waals surface area contributed by atoms with Crippen molar-refractivity contribution in [3.8, 4) is 0 Å².